The second kappa shape index (κ2) is 9.53. The second-order valence-electron chi connectivity index (χ2n) is 8.82. The molecule has 0 bridgehead atoms. The highest BCUT2D eigenvalue weighted by molar-refractivity contribution is 7.38. The van der Waals surface area contributed by atoms with Crippen molar-refractivity contribution in [1.29, 1.82) is 0 Å². The summed E-state index contributed by atoms with van der Waals surface area (Å²) in [5, 5.41) is 0.614. The largest absolute Gasteiger partial charge is 0.131 e. The van der Waals surface area contributed by atoms with Gasteiger partial charge in [0.2, 0.25) is 0 Å². The highest BCUT2D eigenvalue weighted by atomic mass is 31.1. The molecule has 0 amide bonds. The fraction of sp³-hybridized carbons (Fsp3) is 1.00. The zero-order chi connectivity index (χ0) is 16.0. The van der Waals surface area contributed by atoms with Crippen LogP contribution in [0.5, 0.6) is 0 Å². The van der Waals surface area contributed by atoms with Gasteiger partial charge in [-0.25, -0.2) is 0 Å². The van der Waals surface area contributed by atoms with E-state index in [0.717, 1.165) is 17.5 Å². The molecular formula is C21H40P2. The molecule has 3 saturated carbocycles. The molecule has 0 aromatic carbocycles. The molecule has 0 aliphatic heterocycles. The highest BCUT2D eigenvalue weighted by Crippen LogP contribution is 2.51. The molecule has 0 saturated heterocycles. The van der Waals surface area contributed by atoms with Gasteiger partial charge >= 0.3 is 0 Å². The lowest BCUT2D eigenvalue weighted by Crippen LogP contribution is -2.42. The topological polar surface area (TPSA) is 0 Å². The van der Waals surface area contributed by atoms with E-state index in [0.29, 0.717) is 5.16 Å². The van der Waals surface area contributed by atoms with Crippen molar-refractivity contribution in [2.45, 2.75) is 114 Å². The Balaban J connectivity index is 1.56. The normalized spacial score (nSPS) is 27.0. The van der Waals surface area contributed by atoms with E-state index in [4.69, 9.17) is 0 Å². The molecule has 0 N–H and O–H groups in total. The molecule has 3 aliphatic rings. The van der Waals surface area contributed by atoms with E-state index in [-0.39, 0.29) is 0 Å². The van der Waals surface area contributed by atoms with E-state index in [9.17, 15) is 0 Å². The lowest BCUT2D eigenvalue weighted by Gasteiger charge is -2.47. The summed E-state index contributed by atoms with van der Waals surface area (Å²) in [6.45, 7) is 0. The average molecular weight is 354 g/mol. The lowest BCUT2D eigenvalue weighted by molar-refractivity contribution is 0.171. The third-order valence-corrected chi connectivity index (χ3v) is 10.3. The number of hydrogen-bond donors (Lipinski definition) is 0. The van der Waals surface area contributed by atoms with Crippen molar-refractivity contribution < 1.29 is 0 Å². The van der Waals surface area contributed by atoms with Crippen molar-refractivity contribution in [3.05, 3.63) is 0 Å². The van der Waals surface area contributed by atoms with Gasteiger partial charge in [-0.3, -0.25) is 0 Å². The zero-order valence-corrected chi connectivity index (χ0v) is 17.5. The molecule has 134 valence electrons. The van der Waals surface area contributed by atoms with Crippen LogP contribution in [0.2, 0.25) is 0 Å². The molecule has 3 fully saturated rings. The van der Waals surface area contributed by atoms with Gasteiger partial charge < -0.3 is 0 Å². The first kappa shape index (κ1) is 18.6. The van der Waals surface area contributed by atoms with Crippen molar-refractivity contribution >= 4 is 17.8 Å². The maximum Gasteiger partial charge on any atom is -0.00906 e. The Morgan fingerprint density at radius 2 is 1.09 bits per heavy atom. The second-order valence-corrected chi connectivity index (χ2v) is 11.6. The van der Waals surface area contributed by atoms with E-state index in [2.05, 4.69) is 9.24 Å². The number of rotatable bonds is 6. The van der Waals surface area contributed by atoms with Gasteiger partial charge in [0.15, 0.2) is 0 Å². The molecule has 2 heteroatoms. The van der Waals surface area contributed by atoms with Crippen LogP contribution in [0.1, 0.15) is 103 Å². The standard InChI is InChI=1S/C21H40P2/c22-21(18-10-4-1-5-11-18,19-12-6-2-7-13-19)16-17-23-20-14-8-3-9-15-20/h18-20,23H,1-17,22H2. The smallest absolute Gasteiger partial charge is 0.00906 e. The molecule has 0 spiro atoms. The van der Waals surface area contributed by atoms with Crippen LogP contribution in [0.3, 0.4) is 0 Å². The Bertz CT molecular complexity index is 305. The fourth-order valence-corrected chi connectivity index (χ4v) is 8.72. The summed E-state index contributed by atoms with van der Waals surface area (Å²) < 4.78 is 0. The lowest BCUT2D eigenvalue weighted by atomic mass is 9.68. The summed E-state index contributed by atoms with van der Waals surface area (Å²) in [7, 11) is 4.77. The van der Waals surface area contributed by atoms with E-state index >= 15 is 0 Å². The minimum absolute atomic E-state index is 0.614. The van der Waals surface area contributed by atoms with Gasteiger partial charge in [-0.05, 0) is 73.8 Å². The van der Waals surface area contributed by atoms with Crippen LogP contribution >= 0.6 is 17.8 Å². The first-order valence-corrected chi connectivity index (χ1v) is 12.7. The van der Waals surface area contributed by atoms with Crippen molar-refractivity contribution in [3.63, 3.8) is 0 Å². The fourth-order valence-electron chi connectivity index (χ4n) is 5.82. The van der Waals surface area contributed by atoms with Crippen LogP contribution in [0.15, 0.2) is 0 Å². The Kier molecular flexibility index (Phi) is 7.72. The third-order valence-electron chi connectivity index (χ3n) is 7.33. The van der Waals surface area contributed by atoms with Crippen LogP contribution in [-0.4, -0.2) is 17.0 Å². The Morgan fingerprint density at radius 1 is 0.652 bits per heavy atom. The molecule has 3 rings (SSSR count). The molecule has 0 aromatic rings. The van der Waals surface area contributed by atoms with E-state index in [1.165, 1.54) is 98.5 Å². The first-order chi connectivity index (χ1) is 11.3. The van der Waals surface area contributed by atoms with Gasteiger partial charge in [0.05, 0.1) is 0 Å². The van der Waals surface area contributed by atoms with Crippen LogP contribution in [-0.2, 0) is 0 Å². The number of hydrogen-bond acceptors (Lipinski definition) is 0. The van der Waals surface area contributed by atoms with Crippen LogP contribution in [0, 0.1) is 11.8 Å². The van der Waals surface area contributed by atoms with Crippen molar-refractivity contribution in [1.82, 2.24) is 0 Å². The van der Waals surface area contributed by atoms with Crippen molar-refractivity contribution in [2.24, 2.45) is 11.8 Å². The Morgan fingerprint density at radius 3 is 1.57 bits per heavy atom. The Labute approximate surface area is 149 Å². The SMILES string of the molecule is PC(CCPC1CCCCC1)(C1CCCCC1)C1CCCCC1. The monoisotopic (exact) mass is 354 g/mol. The minimum Gasteiger partial charge on any atom is -0.131 e. The van der Waals surface area contributed by atoms with Crippen molar-refractivity contribution in [2.75, 3.05) is 6.16 Å². The maximum absolute atomic E-state index is 3.49. The summed E-state index contributed by atoms with van der Waals surface area (Å²) >= 11 is 0. The molecule has 0 radical (unpaired) electrons. The molecule has 0 heterocycles. The van der Waals surface area contributed by atoms with Crippen LogP contribution in [0.25, 0.3) is 0 Å². The van der Waals surface area contributed by atoms with E-state index in [1.54, 1.807) is 19.0 Å². The Hall–Kier alpha value is 0.860. The average Bonchev–Trinajstić information content (AvgIpc) is 2.64. The molecule has 2 unspecified atom stereocenters. The van der Waals surface area contributed by atoms with E-state index < -0.39 is 0 Å². The summed E-state index contributed by atoms with van der Waals surface area (Å²) in [5.74, 6) is 2.06. The van der Waals surface area contributed by atoms with Crippen LogP contribution in [0.4, 0.5) is 0 Å². The summed E-state index contributed by atoms with van der Waals surface area (Å²) in [6, 6.07) is 0. The van der Waals surface area contributed by atoms with Gasteiger partial charge in [0.25, 0.3) is 0 Å². The first-order valence-electron chi connectivity index (χ1n) is 10.8. The van der Waals surface area contributed by atoms with Gasteiger partial charge in [0.1, 0.15) is 0 Å². The van der Waals surface area contributed by atoms with Gasteiger partial charge in [-0.2, -0.15) is 0 Å². The predicted octanol–water partition coefficient (Wildman–Crippen LogP) is 7.16. The molecule has 23 heavy (non-hydrogen) atoms. The molecule has 3 aliphatic carbocycles. The summed E-state index contributed by atoms with van der Waals surface area (Å²) in [4.78, 5) is 0. The molecule has 0 nitrogen and oxygen atoms in total. The van der Waals surface area contributed by atoms with E-state index in [1.807, 2.05) is 0 Å². The predicted molar refractivity (Wildman–Crippen MR) is 110 cm³/mol. The van der Waals surface area contributed by atoms with Gasteiger partial charge in [-0.1, -0.05) is 57.8 Å². The summed E-state index contributed by atoms with van der Waals surface area (Å²) in [5.41, 5.74) is 1.11. The minimum atomic E-state index is 0.614. The van der Waals surface area contributed by atoms with Gasteiger partial charge in [0, 0.05) is 0 Å². The molecule has 0 aromatic heterocycles. The zero-order valence-electron chi connectivity index (χ0n) is 15.3. The maximum atomic E-state index is 3.49. The molecule has 2 atom stereocenters. The molecular weight excluding hydrogens is 314 g/mol. The highest BCUT2D eigenvalue weighted by Gasteiger charge is 2.41. The quantitative estimate of drug-likeness (QED) is 0.444. The van der Waals surface area contributed by atoms with Crippen LogP contribution < -0.4 is 0 Å². The summed E-state index contributed by atoms with van der Waals surface area (Å²) in [6.07, 6.45) is 25.9. The third kappa shape index (κ3) is 5.17. The van der Waals surface area contributed by atoms with Gasteiger partial charge in [-0.15, -0.1) is 17.8 Å². The van der Waals surface area contributed by atoms with Crippen molar-refractivity contribution in [3.8, 4) is 0 Å².